The maximum atomic E-state index is 12.8. The number of benzene rings is 2. The van der Waals surface area contributed by atoms with Crippen LogP contribution in [-0.2, 0) is 25.6 Å². The molecule has 0 saturated carbocycles. The van der Waals surface area contributed by atoms with Gasteiger partial charge in [0.25, 0.3) is 0 Å². The third kappa shape index (κ3) is 5.12. The molecule has 0 fully saturated rings. The number of alkyl halides is 3. The average Bonchev–Trinajstić information content (AvgIpc) is 3.00. The highest BCUT2D eigenvalue weighted by Crippen LogP contribution is 2.31. The van der Waals surface area contributed by atoms with E-state index in [-0.39, 0.29) is 6.61 Å². The number of hydrogen-bond donors (Lipinski definition) is 0. The zero-order valence-corrected chi connectivity index (χ0v) is 16.8. The Balaban J connectivity index is 1.64. The standard InChI is InChI=1S/C18H14Cl2F3N3OS/c1-26-16(9-27-15-8-13(19)5-6-14(15)20)24-25-17(26)28-10-11-3-2-4-12(7-11)18(21,22)23/h2-8H,9-10H2,1H3. The second kappa shape index (κ2) is 8.63. The van der Waals surface area contributed by atoms with Crippen LogP contribution in [0, 0.1) is 0 Å². The molecule has 4 nitrogen and oxygen atoms in total. The fourth-order valence-corrected chi connectivity index (χ4v) is 3.52. The molecule has 0 N–H and O–H groups in total. The highest BCUT2D eigenvalue weighted by atomic mass is 35.5. The van der Waals surface area contributed by atoms with Crippen molar-refractivity contribution in [3.05, 3.63) is 69.5 Å². The summed E-state index contributed by atoms with van der Waals surface area (Å²) in [4.78, 5) is 0. The van der Waals surface area contributed by atoms with Crippen molar-refractivity contribution in [3.63, 3.8) is 0 Å². The summed E-state index contributed by atoms with van der Waals surface area (Å²) in [6.45, 7) is 0.119. The zero-order chi connectivity index (χ0) is 20.3. The number of halogens is 5. The minimum atomic E-state index is -4.36. The molecule has 1 aromatic heterocycles. The van der Waals surface area contributed by atoms with Gasteiger partial charge in [-0.2, -0.15) is 13.2 Å². The lowest BCUT2D eigenvalue weighted by molar-refractivity contribution is -0.137. The predicted molar refractivity (Wildman–Crippen MR) is 103 cm³/mol. The minimum Gasteiger partial charge on any atom is -0.484 e. The number of aromatic nitrogens is 3. The summed E-state index contributed by atoms with van der Waals surface area (Å²) in [6.07, 6.45) is -4.36. The van der Waals surface area contributed by atoms with Crippen LogP contribution >= 0.6 is 35.0 Å². The first kappa shape index (κ1) is 20.8. The molecule has 10 heteroatoms. The Morgan fingerprint density at radius 2 is 1.89 bits per heavy atom. The van der Waals surface area contributed by atoms with Crippen LogP contribution < -0.4 is 4.74 Å². The van der Waals surface area contributed by atoms with Gasteiger partial charge in [-0.3, -0.25) is 0 Å². The van der Waals surface area contributed by atoms with Gasteiger partial charge >= 0.3 is 6.18 Å². The normalized spacial score (nSPS) is 11.6. The lowest BCUT2D eigenvalue weighted by atomic mass is 10.1. The molecule has 0 saturated heterocycles. The highest BCUT2D eigenvalue weighted by Gasteiger charge is 2.30. The van der Waals surface area contributed by atoms with Crippen molar-refractivity contribution in [2.75, 3.05) is 0 Å². The van der Waals surface area contributed by atoms with Gasteiger partial charge in [-0.15, -0.1) is 10.2 Å². The average molecular weight is 448 g/mol. The topological polar surface area (TPSA) is 39.9 Å². The summed E-state index contributed by atoms with van der Waals surface area (Å²) in [5.74, 6) is 1.30. The highest BCUT2D eigenvalue weighted by molar-refractivity contribution is 7.98. The Kier molecular flexibility index (Phi) is 6.42. The number of hydrogen-bond acceptors (Lipinski definition) is 4. The SMILES string of the molecule is Cn1c(COc2cc(Cl)ccc2Cl)nnc1SCc1cccc(C(F)(F)F)c1. The molecule has 1 heterocycles. The second-order valence-electron chi connectivity index (χ2n) is 5.81. The molecular weight excluding hydrogens is 434 g/mol. The van der Waals surface area contributed by atoms with E-state index in [2.05, 4.69) is 10.2 Å². The van der Waals surface area contributed by atoms with Crippen LogP contribution in [0.4, 0.5) is 13.2 Å². The van der Waals surface area contributed by atoms with Crippen LogP contribution in [0.15, 0.2) is 47.6 Å². The van der Waals surface area contributed by atoms with Crippen molar-refractivity contribution < 1.29 is 17.9 Å². The molecule has 3 rings (SSSR count). The van der Waals surface area contributed by atoms with Crippen molar-refractivity contribution in [1.82, 2.24) is 14.8 Å². The van der Waals surface area contributed by atoms with Crippen LogP contribution in [0.5, 0.6) is 5.75 Å². The van der Waals surface area contributed by atoms with E-state index in [0.29, 0.717) is 38.1 Å². The fourth-order valence-electron chi connectivity index (χ4n) is 2.31. The van der Waals surface area contributed by atoms with E-state index in [1.807, 2.05) is 0 Å². The van der Waals surface area contributed by atoms with Crippen molar-refractivity contribution in [3.8, 4) is 5.75 Å². The molecule has 3 aromatic rings. The molecule has 2 aromatic carbocycles. The Morgan fingerprint density at radius 1 is 1.11 bits per heavy atom. The van der Waals surface area contributed by atoms with Gasteiger partial charge in [0.15, 0.2) is 11.0 Å². The van der Waals surface area contributed by atoms with Gasteiger partial charge in [-0.05, 0) is 23.8 Å². The smallest absolute Gasteiger partial charge is 0.416 e. The quantitative estimate of drug-likeness (QED) is 0.433. The van der Waals surface area contributed by atoms with E-state index in [9.17, 15) is 13.2 Å². The summed E-state index contributed by atoms with van der Waals surface area (Å²) in [5.41, 5.74) is -0.123. The van der Waals surface area contributed by atoms with Crippen molar-refractivity contribution in [2.45, 2.75) is 23.7 Å². The lowest BCUT2D eigenvalue weighted by Gasteiger charge is -2.09. The zero-order valence-electron chi connectivity index (χ0n) is 14.5. The van der Waals surface area contributed by atoms with E-state index in [1.165, 1.54) is 17.8 Å². The van der Waals surface area contributed by atoms with Crippen LogP contribution in [0.3, 0.4) is 0 Å². The number of ether oxygens (including phenoxy) is 1. The number of rotatable bonds is 6. The van der Waals surface area contributed by atoms with Crippen molar-refractivity contribution in [2.24, 2.45) is 7.05 Å². The van der Waals surface area contributed by atoms with Crippen molar-refractivity contribution >= 4 is 35.0 Å². The van der Waals surface area contributed by atoms with E-state index in [1.54, 1.807) is 35.9 Å². The van der Waals surface area contributed by atoms with Gasteiger partial charge in [0.1, 0.15) is 12.4 Å². The third-order valence-corrected chi connectivity index (χ3v) is 5.44. The Bertz CT molecular complexity index is 979. The lowest BCUT2D eigenvalue weighted by Crippen LogP contribution is -2.05. The third-order valence-electron chi connectivity index (χ3n) is 3.80. The van der Waals surface area contributed by atoms with E-state index >= 15 is 0 Å². The number of thioether (sulfide) groups is 1. The molecule has 0 spiro atoms. The molecule has 0 aliphatic carbocycles. The maximum absolute atomic E-state index is 12.8. The first-order valence-electron chi connectivity index (χ1n) is 7.99. The van der Waals surface area contributed by atoms with Gasteiger partial charge in [0.2, 0.25) is 0 Å². The summed E-state index contributed by atoms with van der Waals surface area (Å²) >= 11 is 13.3. The molecule has 0 bridgehead atoms. The van der Waals surface area contributed by atoms with Gasteiger partial charge in [-0.25, -0.2) is 0 Å². The first-order valence-corrected chi connectivity index (χ1v) is 9.73. The largest absolute Gasteiger partial charge is 0.484 e. The van der Waals surface area contributed by atoms with Crippen LogP contribution in [0.25, 0.3) is 0 Å². The molecule has 0 aliphatic heterocycles. The molecule has 0 radical (unpaired) electrons. The molecule has 28 heavy (non-hydrogen) atoms. The summed E-state index contributed by atoms with van der Waals surface area (Å²) in [6, 6.07) is 10.1. The monoisotopic (exact) mass is 447 g/mol. The Morgan fingerprint density at radius 3 is 2.64 bits per heavy atom. The summed E-state index contributed by atoms with van der Waals surface area (Å²) in [7, 11) is 1.76. The van der Waals surface area contributed by atoms with Crippen LogP contribution in [0.1, 0.15) is 17.0 Å². The molecular formula is C18H14Cl2F3N3OS. The van der Waals surface area contributed by atoms with E-state index in [0.717, 1.165) is 12.1 Å². The van der Waals surface area contributed by atoms with Gasteiger partial charge < -0.3 is 9.30 Å². The molecule has 0 unspecified atom stereocenters. The van der Waals surface area contributed by atoms with E-state index in [4.69, 9.17) is 27.9 Å². The molecule has 148 valence electrons. The van der Waals surface area contributed by atoms with Gasteiger partial charge in [0.05, 0.1) is 10.6 Å². The number of nitrogens with zero attached hydrogens (tertiary/aromatic N) is 3. The predicted octanol–water partition coefficient (Wildman–Crippen LogP) is 6.01. The van der Waals surface area contributed by atoms with Gasteiger partial charge in [-0.1, -0.05) is 53.2 Å². The fraction of sp³-hybridized carbons (Fsp3) is 0.222. The van der Waals surface area contributed by atoms with E-state index < -0.39 is 11.7 Å². The second-order valence-corrected chi connectivity index (χ2v) is 7.59. The van der Waals surface area contributed by atoms with Crippen molar-refractivity contribution in [1.29, 1.82) is 0 Å². The first-order chi connectivity index (χ1) is 13.2. The summed E-state index contributed by atoms with van der Waals surface area (Å²) in [5, 5.41) is 9.61. The maximum Gasteiger partial charge on any atom is 0.416 e. The Labute approximate surface area is 173 Å². The minimum absolute atomic E-state index is 0.119. The molecule has 0 atom stereocenters. The Hall–Kier alpha value is -1.90. The van der Waals surface area contributed by atoms with Gasteiger partial charge in [0, 0.05) is 23.9 Å². The molecule has 0 amide bonds. The van der Waals surface area contributed by atoms with Crippen LogP contribution in [-0.4, -0.2) is 14.8 Å². The molecule has 0 aliphatic rings. The van der Waals surface area contributed by atoms with Crippen LogP contribution in [0.2, 0.25) is 10.0 Å². The summed E-state index contributed by atoms with van der Waals surface area (Å²) < 4.78 is 45.8.